The minimum absolute atomic E-state index is 0.167. The van der Waals surface area contributed by atoms with Crippen molar-refractivity contribution in [2.24, 2.45) is 0 Å². The molecule has 6 nitrogen and oxygen atoms in total. The first-order valence-electron chi connectivity index (χ1n) is 11.3. The normalized spacial score (nSPS) is 12.1. The number of aromatic amines is 1. The number of halogens is 4. The van der Waals surface area contributed by atoms with Crippen molar-refractivity contribution < 1.29 is 18.0 Å². The van der Waals surface area contributed by atoms with Crippen molar-refractivity contribution in [3.8, 4) is 22.5 Å². The largest absolute Gasteiger partial charge is 0.353 e. The van der Waals surface area contributed by atoms with E-state index in [4.69, 9.17) is 11.6 Å². The van der Waals surface area contributed by atoms with E-state index in [9.17, 15) is 18.0 Å². The number of hydrogen-bond donors (Lipinski definition) is 2. The van der Waals surface area contributed by atoms with E-state index >= 15 is 0 Å². The second kappa shape index (κ2) is 10.4. The van der Waals surface area contributed by atoms with Gasteiger partial charge in [0.25, 0.3) is 0 Å². The third kappa shape index (κ3) is 5.31. The molecular weight excluding hydrogens is 503 g/mol. The predicted molar refractivity (Wildman–Crippen MR) is 136 cm³/mol. The number of H-pyrrole nitrogens is 1. The van der Waals surface area contributed by atoms with Crippen molar-refractivity contribution in [1.29, 1.82) is 0 Å². The maximum absolute atomic E-state index is 13.3. The molecule has 5 rings (SSSR count). The number of pyridine rings is 3. The zero-order chi connectivity index (χ0) is 25.9. The van der Waals surface area contributed by atoms with E-state index in [2.05, 4.69) is 25.3 Å². The summed E-state index contributed by atoms with van der Waals surface area (Å²) in [5.74, 6) is -2.21. The number of rotatable bonds is 7. The number of nitrogens with zero attached hydrogens (tertiary/aromatic N) is 3. The van der Waals surface area contributed by atoms with Gasteiger partial charge >= 0.3 is 0 Å². The molecule has 37 heavy (non-hydrogen) atoms. The lowest BCUT2D eigenvalue weighted by Gasteiger charge is -2.17. The van der Waals surface area contributed by atoms with Crippen LogP contribution in [-0.4, -0.2) is 32.3 Å². The van der Waals surface area contributed by atoms with E-state index in [0.29, 0.717) is 33.0 Å². The van der Waals surface area contributed by atoms with Crippen molar-refractivity contribution in [1.82, 2.24) is 19.9 Å². The molecule has 4 aromatic heterocycles. The van der Waals surface area contributed by atoms with Crippen molar-refractivity contribution in [3.63, 3.8) is 0 Å². The quantitative estimate of drug-likeness (QED) is 0.245. The molecule has 1 atom stereocenters. The van der Waals surface area contributed by atoms with Gasteiger partial charge in [-0.1, -0.05) is 29.8 Å². The highest BCUT2D eigenvalue weighted by Gasteiger charge is 2.26. The van der Waals surface area contributed by atoms with Crippen molar-refractivity contribution in [2.45, 2.75) is 18.8 Å². The highest BCUT2D eigenvalue weighted by Crippen LogP contribution is 2.37. The molecule has 2 N–H and O–H groups in total. The first kappa shape index (κ1) is 24.5. The minimum Gasteiger partial charge on any atom is -0.353 e. The monoisotopic (exact) mass is 521 g/mol. The van der Waals surface area contributed by atoms with E-state index in [-0.39, 0.29) is 11.4 Å². The average Bonchev–Trinajstić information content (AvgIpc) is 3.27. The van der Waals surface area contributed by atoms with E-state index in [1.165, 1.54) is 18.3 Å². The number of carbonyl (C=O) groups is 1. The van der Waals surface area contributed by atoms with Crippen LogP contribution in [0.25, 0.3) is 33.5 Å². The van der Waals surface area contributed by atoms with Crippen LogP contribution in [0.1, 0.15) is 17.9 Å². The Bertz CT molecular complexity index is 1560. The minimum atomic E-state index is -2.73. The molecule has 0 saturated carbocycles. The van der Waals surface area contributed by atoms with Crippen molar-refractivity contribution >= 4 is 34.4 Å². The van der Waals surface area contributed by atoms with Gasteiger partial charge in [-0.05, 0) is 48.0 Å². The van der Waals surface area contributed by atoms with E-state index in [0.717, 1.165) is 17.7 Å². The molecule has 0 aliphatic heterocycles. The average molecular weight is 522 g/mol. The van der Waals surface area contributed by atoms with Crippen LogP contribution in [0.5, 0.6) is 0 Å². The van der Waals surface area contributed by atoms with Crippen LogP contribution in [0.2, 0.25) is 5.02 Å². The number of aromatic nitrogens is 4. The molecule has 0 bridgehead atoms. The molecule has 1 amide bonds. The van der Waals surface area contributed by atoms with Gasteiger partial charge in [-0.15, -0.1) is 0 Å². The first-order chi connectivity index (χ1) is 17.9. The Balaban J connectivity index is 1.52. The van der Waals surface area contributed by atoms with Crippen LogP contribution >= 0.6 is 11.6 Å². The molecule has 0 aliphatic rings. The van der Waals surface area contributed by atoms with Gasteiger partial charge in [0.1, 0.15) is 11.6 Å². The van der Waals surface area contributed by atoms with Gasteiger partial charge in [0.15, 0.2) is 0 Å². The van der Waals surface area contributed by atoms with Crippen LogP contribution in [0, 0.1) is 5.82 Å². The third-order valence-corrected chi connectivity index (χ3v) is 6.03. The summed E-state index contributed by atoms with van der Waals surface area (Å²) in [5, 5.41) is 3.09. The van der Waals surface area contributed by atoms with Crippen molar-refractivity contribution in [3.05, 3.63) is 95.7 Å². The summed E-state index contributed by atoms with van der Waals surface area (Å²) in [6.45, 7) is 0. The summed E-state index contributed by atoms with van der Waals surface area (Å²) >= 11 is 6.15. The second-order valence-electron chi connectivity index (χ2n) is 8.29. The van der Waals surface area contributed by atoms with Crippen LogP contribution < -0.4 is 5.32 Å². The number of nitrogens with one attached hydrogen (secondary N) is 2. The highest BCUT2D eigenvalue weighted by atomic mass is 35.5. The SMILES string of the molecule is O=C(Nc1cc(-c2[nH]c3cc(Cl)cnc3c2-c2ccccn2)ccn1)[C@@H](CC(F)F)c1ccc(F)cc1. The molecule has 0 unspecified atom stereocenters. The van der Waals surface area contributed by atoms with Gasteiger partial charge in [-0.3, -0.25) is 14.8 Å². The molecule has 0 aliphatic carbocycles. The summed E-state index contributed by atoms with van der Waals surface area (Å²) in [6.07, 6.45) is 1.27. The Morgan fingerprint density at radius 2 is 1.81 bits per heavy atom. The molecule has 10 heteroatoms. The number of anilines is 1. The zero-order valence-corrected chi connectivity index (χ0v) is 19.9. The second-order valence-corrected chi connectivity index (χ2v) is 8.73. The fourth-order valence-corrected chi connectivity index (χ4v) is 4.32. The van der Waals surface area contributed by atoms with Gasteiger partial charge in [0, 0.05) is 30.6 Å². The maximum Gasteiger partial charge on any atom is 0.239 e. The lowest BCUT2D eigenvalue weighted by atomic mass is 9.95. The van der Waals surface area contributed by atoms with Gasteiger partial charge in [-0.25, -0.2) is 18.2 Å². The number of alkyl halides is 2. The topological polar surface area (TPSA) is 83.6 Å². The zero-order valence-electron chi connectivity index (χ0n) is 19.1. The summed E-state index contributed by atoms with van der Waals surface area (Å²) in [6, 6.07) is 15.6. The van der Waals surface area contributed by atoms with Crippen LogP contribution in [0.3, 0.4) is 0 Å². The maximum atomic E-state index is 13.3. The Labute approximate surface area is 214 Å². The number of hydrogen-bond acceptors (Lipinski definition) is 4. The lowest BCUT2D eigenvalue weighted by molar-refractivity contribution is -0.118. The Kier molecular flexibility index (Phi) is 6.87. The van der Waals surface area contributed by atoms with Gasteiger partial charge in [0.05, 0.1) is 38.9 Å². The van der Waals surface area contributed by atoms with E-state index in [1.54, 1.807) is 36.7 Å². The molecule has 0 fully saturated rings. The molecular formula is C27H19ClF3N5O. The van der Waals surface area contributed by atoms with E-state index < -0.39 is 30.5 Å². The summed E-state index contributed by atoms with van der Waals surface area (Å²) < 4.78 is 39.9. The highest BCUT2D eigenvalue weighted by molar-refractivity contribution is 6.31. The number of benzene rings is 1. The van der Waals surface area contributed by atoms with Crippen LogP contribution in [0.4, 0.5) is 19.0 Å². The fraction of sp³-hybridized carbons (Fsp3) is 0.111. The molecule has 0 saturated heterocycles. The van der Waals surface area contributed by atoms with Gasteiger partial charge in [-0.2, -0.15) is 0 Å². The fourth-order valence-electron chi connectivity index (χ4n) is 4.16. The molecule has 5 aromatic rings. The van der Waals surface area contributed by atoms with Crippen molar-refractivity contribution in [2.75, 3.05) is 5.32 Å². The molecule has 0 spiro atoms. The third-order valence-electron chi connectivity index (χ3n) is 5.82. The Morgan fingerprint density at radius 3 is 2.54 bits per heavy atom. The standard InChI is InChI=1S/C27H19ClF3N5O/c28-17-12-21-26(34-14-17)24(20-3-1-2-9-32-20)25(35-21)16-8-10-33-23(11-16)36-27(37)19(13-22(30)31)15-4-6-18(29)7-5-15/h1-12,14,19,22,35H,13H2,(H,33,36,37)/t19-/m0/s1. The summed E-state index contributed by atoms with van der Waals surface area (Å²) in [5.41, 5.74) is 4.38. The summed E-state index contributed by atoms with van der Waals surface area (Å²) in [4.78, 5) is 29.5. The number of amides is 1. The summed E-state index contributed by atoms with van der Waals surface area (Å²) in [7, 11) is 0. The number of fused-ring (bicyclic) bond motifs is 1. The number of carbonyl (C=O) groups excluding carboxylic acids is 1. The Hall–Kier alpha value is -4.24. The van der Waals surface area contributed by atoms with E-state index in [1.807, 2.05) is 12.1 Å². The van der Waals surface area contributed by atoms with Gasteiger partial charge < -0.3 is 10.3 Å². The van der Waals surface area contributed by atoms with Crippen LogP contribution in [-0.2, 0) is 4.79 Å². The smallest absolute Gasteiger partial charge is 0.239 e. The predicted octanol–water partition coefficient (Wildman–Crippen LogP) is 6.86. The van der Waals surface area contributed by atoms with Crippen LogP contribution in [0.15, 0.2) is 79.3 Å². The molecule has 186 valence electrons. The molecule has 0 radical (unpaired) electrons. The first-order valence-corrected chi connectivity index (χ1v) is 11.7. The Morgan fingerprint density at radius 1 is 1.00 bits per heavy atom. The molecule has 4 heterocycles. The lowest BCUT2D eigenvalue weighted by Crippen LogP contribution is -2.23. The molecule has 1 aromatic carbocycles. The van der Waals surface area contributed by atoms with Gasteiger partial charge in [0.2, 0.25) is 12.3 Å².